The van der Waals surface area contributed by atoms with Crippen molar-refractivity contribution in [3.05, 3.63) is 23.7 Å². The minimum absolute atomic E-state index is 0. The first-order valence-corrected chi connectivity index (χ1v) is 10.4. The number of nitrogens with one attached hydrogen (secondary N) is 1. The Balaban J connectivity index is 0.00000320. The maximum atomic E-state index is 12.6. The molecule has 10 heteroatoms. The second-order valence-corrected chi connectivity index (χ2v) is 7.59. The third-order valence-electron chi connectivity index (χ3n) is 5.53. The van der Waals surface area contributed by atoms with E-state index < -0.39 is 5.91 Å². The molecule has 3 heterocycles. The number of hydrogen-bond acceptors (Lipinski definition) is 5. The van der Waals surface area contributed by atoms with E-state index in [-0.39, 0.29) is 35.6 Å². The maximum absolute atomic E-state index is 12.6. The monoisotopic (exact) mass is 532 g/mol. The number of aliphatic imine (C=N–C) groups is 1. The number of likely N-dealkylation sites (tertiary alicyclic amines) is 1. The summed E-state index contributed by atoms with van der Waals surface area (Å²) in [5, 5.41) is 3.26. The number of piperazine rings is 1. The number of furan rings is 1. The molecule has 2 aliphatic rings. The first-order chi connectivity index (χ1) is 14.1. The standard InChI is InChI=1S/C20H32N6O3.HI/c1-22-20(23-14-16-6-7-17(29-16)19(21)28)26-12-10-24(11-13-26)15-18(27)25-8-4-2-3-5-9-25;/h6-7H,2-5,8-15H2,1H3,(H2,21,28)(H,22,23);1H. The summed E-state index contributed by atoms with van der Waals surface area (Å²) < 4.78 is 5.39. The number of nitrogens with two attached hydrogens (primary N) is 1. The lowest BCUT2D eigenvalue weighted by Gasteiger charge is -2.36. The third-order valence-corrected chi connectivity index (χ3v) is 5.53. The third kappa shape index (κ3) is 6.86. The van der Waals surface area contributed by atoms with E-state index in [9.17, 15) is 9.59 Å². The van der Waals surface area contributed by atoms with E-state index in [2.05, 4.69) is 20.1 Å². The quantitative estimate of drug-likeness (QED) is 0.334. The number of primary amides is 1. The smallest absolute Gasteiger partial charge is 0.284 e. The molecule has 0 spiro atoms. The van der Waals surface area contributed by atoms with Crippen LogP contribution in [0.1, 0.15) is 42.0 Å². The normalized spacial score (nSPS) is 18.5. The van der Waals surface area contributed by atoms with E-state index in [1.165, 1.54) is 12.8 Å². The van der Waals surface area contributed by atoms with Crippen molar-refractivity contribution in [1.29, 1.82) is 0 Å². The van der Waals surface area contributed by atoms with Gasteiger partial charge in [-0.2, -0.15) is 0 Å². The Bertz CT molecular complexity index is 722. The number of rotatable bonds is 5. The fraction of sp³-hybridized carbons (Fsp3) is 0.650. The molecule has 0 unspecified atom stereocenters. The minimum Gasteiger partial charge on any atom is -0.454 e. The second-order valence-electron chi connectivity index (χ2n) is 7.59. The van der Waals surface area contributed by atoms with Gasteiger partial charge in [-0.3, -0.25) is 19.5 Å². The Morgan fingerprint density at radius 1 is 1.03 bits per heavy atom. The predicted octanol–water partition coefficient (Wildman–Crippen LogP) is 1.09. The van der Waals surface area contributed by atoms with Gasteiger partial charge in [0.2, 0.25) is 5.91 Å². The molecule has 1 aromatic rings. The van der Waals surface area contributed by atoms with Crippen molar-refractivity contribution in [1.82, 2.24) is 20.0 Å². The highest BCUT2D eigenvalue weighted by atomic mass is 127. The van der Waals surface area contributed by atoms with Crippen molar-refractivity contribution in [3.63, 3.8) is 0 Å². The van der Waals surface area contributed by atoms with Crippen molar-refractivity contribution in [2.75, 3.05) is 52.9 Å². The van der Waals surface area contributed by atoms with Crippen LogP contribution < -0.4 is 11.1 Å². The fourth-order valence-corrected chi connectivity index (χ4v) is 3.83. The molecule has 2 amide bonds. The van der Waals surface area contributed by atoms with Gasteiger partial charge in [-0.1, -0.05) is 12.8 Å². The molecular formula is C20H33IN6O3. The second kappa shape index (κ2) is 12.1. The summed E-state index contributed by atoms with van der Waals surface area (Å²) in [5.74, 6) is 1.24. The van der Waals surface area contributed by atoms with E-state index in [1.54, 1.807) is 19.2 Å². The zero-order chi connectivity index (χ0) is 20.6. The van der Waals surface area contributed by atoms with Crippen molar-refractivity contribution < 1.29 is 14.0 Å². The van der Waals surface area contributed by atoms with Crippen LogP contribution in [0.2, 0.25) is 0 Å². The number of guanidine groups is 1. The van der Waals surface area contributed by atoms with Gasteiger partial charge in [0.05, 0.1) is 13.1 Å². The highest BCUT2D eigenvalue weighted by Gasteiger charge is 2.23. The molecular weight excluding hydrogens is 499 g/mol. The van der Waals surface area contributed by atoms with E-state index in [0.29, 0.717) is 18.8 Å². The average Bonchev–Trinajstić information content (AvgIpc) is 3.03. The van der Waals surface area contributed by atoms with Gasteiger partial charge < -0.3 is 25.3 Å². The first kappa shape index (κ1) is 24.4. The van der Waals surface area contributed by atoms with E-state index in [4.69, 9.17) is 10.2 Å². The van der Waals surface area contributed by atoms with Crippen LogP contribution in [0.25, 0.3) is 0 Å². The van der Waals surface area contributed by atoms with Gasteiger partial charge in [-0.05, 0) is 25.0 Å². The summed E-state index contributed by atoms with van der Waals surface area (Å²) >= 11 is 0. The first-order valence-electron chi connectivity index (χ1n) is 10.4. The van der Waals surface area contributed by atoms with Gasteiger partial charge in [-0.15, -0.1) is 24.0 Å². The lowest BCUT2D eigenvalue weighted by atomic mass is 10.2. The lowest BCUT2D eigenvalue weighted by molar-refractivity contribution is -0.132. The molecule has 0 aromatic carbocycles. The molecule has 168 valence electrons. The Morgan fingerprint density at radius 3 is 2.27 bits per heavy atom. The van der Waals surface area contributed by atoms with Crippen LogP contribution in [-0.4, -0.2) is 85.3 Å². The molecule has 2 saturated heterocycles. The van der Waals surface area contributed by atoms with Crippen LogP contribution in [0, 0.1) is 0 Å². The molecule has 0 saturated carbocycles. The minimum atomic E-state index is -0.577. The van der Waals surface area contributed by atoms with Crippen LogP contribution in [0.15, 0.2) is 21.5 Å². The van der Waals surface area contributed by atoms with Crippen LogP contribution in [0.5, 0.6) is 0 Å². The molecule has 0 atom stereocenters. The molecule has 0 aliphatic carbocycles. The zero-order valence-electron chi connectivity index (χ0n) is 17.6. The summed E-state index contributed by atoms with van der Waals surface area (Å²) in [4.78, 5) is 34.5. The Hall–Kier alpha value is -1.82. The van der Waals surface area contributed by atoms with Gasteiger partial charge in [-0.25, -0.2) is 0 Å². The Labute approximate surface area is 195 Å². The number of carbonyl (C=O) groups is 2. The zero-order valence-corrected chi connectivity index (χ0v) is 20.0. The number of hydrogen-bond donors (Lipinski definition) is 2. The van der Waals surface area contributed by atoms with Gasteiger partial charge in [0, 0.05) is 46.3 Å². The van der Waals surface area contributed by atoms with Gasteiger partial charge >= 0.3 is 0 Å². The molecule has 1 aromatic heterocycles. The van der Waals surface area contributed by atoms with E-state index in [0.717, 1.165) is 58.1 Å². The van der Waals surface area contributed by atoms with Crippen molar-refractivity contribution in [2.24, 2.45) is 10.7 Å². The Kier molecular flexibility index (Phi) is 9.89. The van der Waals surface area contributed by atoms with Crippen LogP contribution in [0.4, 0.5) is 0 Å². The van der Waals surface area contributed by atoms with E-state index >= 15 is 0 Å². The fourth-order valence-electron chi connectivity index (χ4n) is 3.83. The summed E-state index contributed by atoms with van der Waals surface area (Å²) in [6.07, 6.45) is 4.71. The Morgan fingerprint density at radius 2 is 1.70 bits per heavy atom. The highest BCUT2D eigenvalue weighted by molar-refractivity contribution is 14.0. The largest absolute Gasteiger partial charge is 0.454 e. The molecule has 0 radical (unpaired) electrons. The molecule has 30 heavy (non-hydrogen) atoms. The lowest BCUT2D eigenvalue weighted by Crippen LogP contribution is -2.54. The summed E-state index contributed by atoms with van der Waals surface area (Å²) in [7, 11) is 1.74. The molecule has 3 N–H and O–H groups in total. The maximum Gasteiger partial charge on any atom is 0.284 e. The number of nitrogens with zero attached hydrogens (tertiary/aromatic N) is 4. The topological polar surface area (TPSA) is 107 Å². The van der Waals surface area contributed by atoms with Crippen LogP contribution in [0.3, 0.4) is 0 Å². The molecule has 2 aliphatic heterocycles. The van der Waals surface area contributed by atoms with Crippen LogP contribution in [-0.2, 0) is 11.3 Å². The van der Waals surface area contributed by atoms with Gasteiger partial charge in [0.25, 0.3) is 5.91 Å². The van der Waals surface area contributed by atoms with Gasteiger partial charge in [0.1, 0.15) is 5.76 Å². The summed E-state index contributed by atoms with van der Waals surface area (Å²) in [6.45, 7) is 5.99. The molecule has 3 rings (SSSR count). The van der Waals surface area contributed by atoms with Gasteiger partial charge in [0.15, 0.2) is 11.7 Å². The molecule has 2 fully saturated rings. The number of halogens is 1. The number of amides is 2. The molecule has 9 nitrogen and oxygen atoms in total. The van der Waals surface area contributed by atoms with Crippen molar-refractivity contribution in [2.45, 2.75) is 32.2 Å². The van der Waals surface area contributed by atoms with Crippen LogP contribution >= 0.6 is 24.0 Å². The van der Waals surface area contributed by atoms with Crippen molar-refractivity contribution in [3.8, 4) is 0 Å². The summed E-state index contributed by atoms with van der Waals surface area (Å²) in [5.41, 5.74) is 5.21. The SMILES string of the molecule is CN=C(NCc1ccc(C(N)=O)o1)N1CCN(CC(=O)N2CCCCCC2)CC1.I. The predicted molar refractivity (Wildman–Crippen MR) is 126 cm³/mol. The van der Waals surface area contributed by atoms with E-state index in [1.807, 2.05) is 4.90 Å². The number of carbonyl (C=O) groups excluding carboxylic acids is 2. The summed E-state index contributed by atoms with van der Waals surface area (Å²) in [6, 6.07) is 3.30. The molecule has 0 bridgehead atoms. The average molecular weight is 532 g/mol. The van der Waals surface area contributed by atoms with Crippen molar-refractivity contribution >= 4 is 41.8 Å². The highest BCUT2D eigenvalue weighted by Crippen LogP contribution is 2.11.